The number of carbonyl (C=O) groups excluding carboxylic acids is 1. The Morgan fingerprint density at radius 1 is 1.19 bits per heavy atom. The minimum atomic E-state index is 0.0589. The molecule has 0 amide bonds. The molecule has 0 N–H and O–H groups in total. The summed E-state index contributed by atoms with van der Waals surface area (Å²) < 4.78 is 10.7. The lowest BCUT2D eigenvalue weighted by atomic mass is 10.1. The number of carbonyl (C=O) groups is 1. The van der Waals surface area contributed by atoms with E-state index in [4.69, 9.17) is 8.83 Å². The number of rotatable bonds is 5. The summed E-state index contributed by atoms with van der Waals surface area (Å²) in [5.41, 5.74) is 2.48. The zero-order valence-electron chi connectivity index (χ0n) is 12.1. The molecular formula is C17H17NO3. The van der Waals surface area contributed by atoms with Crippen molar-refractivity contribution >= 4 is 16.8 Å². The summed E-state index contributed by atoms with van der Waals surface area (Å²) in [5.74, 6) is 0.951. The van der Waals surface area contributed by atoms with Crippen molar-refractivity contribution in [1.29, 1.82) is 0 Å². The molecule has 2 heterocycles. The van der Waals surface area contributed by atoms with Gasteiger partial charge < -0.3 is 8.83 Å². The predicted octanol–water partition coefficient (Wildman–Crippen LogP) is 3.65. The molecule has 3 rings (SSSR count). The van der Waals surface area contributed by atoms with Crippen molar-refractivity contribution < 1.29 is 13.6 Å². The van der Waals surface area contributed by atoms with Gasteiger partial charge in [-0.1, -0.05) is 18.2 Å². The molecule has 0 saturated heterocycles. The Hall–Kier alpha value is -2.33. The number of hydrogen-bond acceptors (Lipinski definition) is 4. The summed E-state index contributed by atoms with van der Waals surface area (Å²) in [6, 6.07) is 9.52. The van der Waals surface area contributed by atoms with Crippen molar-refractivity contribution in [2.45, 2.75) is 13.5 Å². The van der Waals surface area contributed by atoms with Gasteiger partial charge in [-0.15, -0.1) is 0 Å². The largest absolute Gasteiger partial charge is 0.469 e. The summed E-state index contributed by atoms with van der Waals surface area (Å²) in [7, 11) is 1.92. The highest BCUT2D eigenvalue weighted by atomic mass is 16.3. The van der Waals surface area contributed by atoms with Gasteiger partial charge in [-0.2, -0.15) is 0 Å². The van der Waals surface area contributed by atoms with Gasteiger partial charge in [-0.05, 0) is 26.1 Å². The Labute approximate surface area is 123 Å². The molecule has 1 aromatic carbocycles. The van der Waals surface area contributed by atoms with Crippen LogP contribution in [0.1, 0.15) is 21.7 Å². The third-order valence-electron chi connectivity index (χ3n) is 3.60. The fraction of sp³-hybridized carbons (Fsp3) is 0.235. The van der Waals surface area contributed by atoms with Gasteiger partial charge in [0.2, 0.25) is 0 Å². The van der Waals surface area contributed by atoms with Crippen LogP contribution in [0.5, 0.6) is 0 Å². The monoisotopic (exact) mass is 283 g/mol. The van der Waals surface area contributed by atoms with Crippen LogP contribution in [0.15, 0.2) is 51.7 Å². The lowest BCUT2D eigenvalue weighted by molar-refractivity contribution is 0.0943. The number of fused-ring (bicyclic) bond motifs is 1. The number of likely N-dealkylation sites (N-methyl/N-ethyl adjacent to an activating group) is 1. The molecule has 3 aromatic rings. The van der Waals surface area contributed by atoms with Gasteiger partial charge in [0.1, 0.15) is 17.6 Å². The summed E-state index contributed by atoms with van der Waals surface area (Å²) in [5, 5.41) is 0.871. The van der Waals surface area contributed by atoms with E-state index >= 15 is 0 Å². The van der Waals surface area contributed by atoms with Gasteiger partial charge in [-0.3, -0.25) is 9.69 Å². The lowest BCUT2D eigenvalue weighted by Crippen LogP contribution is -2.25. The fourth-order valence-electron chi connectivity index (χ4n) is 2.45. The Kier molecular flexibility index (Phi) is 3.62. The number of hydrogen-bond donors (Lipinski definition) is 0. The van der Waals surface area contributed by atoms with Crippen molar-refractivity contribution in [3.8, 4) is 0 Å². The molecule has 0 aliphatic carbocycles. The summed E-state index contributed by atoms with van der Waals surface area (Å²) in [4.78, 5) is 14.4. The molecular weight excluding hydrogens is 266 g/mol. The normalized spacial score (nSPS) is 11.4. The average Bonchev–Trinajstić information content (AvgIpc) is 3.05. The first-order valence-corrected chi connectivity index (χ1v) is 6.86. The zero-order chi connectivity index (χ0) is 14.8. The zero-order valence-corrected chi connectivity index (χ0v) is 12.1. The highest BCUT2D eigenvalue weighted by Gasteiger charge is 2.16. The Morgan fingerprint density at radius 3 is 2.76 bits per heavy atom. The second kappa shape index (κ2) is 5.58. The van der Waals surface area contributed by atoms with Crippen LogP contribution < -0.4 is 0 Å². The van der Waals surface area contributed by atoms with E-state index in [1.807, 2.05) is 49.2 Å². The summed E-state index contributed by atoms with van der Waals surface area (Å²) in [6.07, 6.45) is 3.22. The Morgan fingerprint density at radius 2 is 2.00 bits per heavy atom. The maximum atomic E-state index is 12.4. The molecule has 0 atom stereocenters. The third-order valence-corrected chi connectivity index (χ3v) is 3.60. The van der Waals surface area contributed by atoms with Crippen molar-refractivity contribution in [1.82, 2.24) is 4.90 Å². The second-order valence-electron chi connectivity index (χ2n) is 5.24. The highest BCUT2D eigenvalue weighted by Crippen LogP contribution is 2.21. The summed E-state index contributed by atoms with van der Waals surface area (Å²) in [6.45, 7) is 2.95. The van der Waals surface area contributed by atoms with Crippen LogP contribution in [0.4, 0.5) is 0 Å². The van der Waals surface area contributed by atoms with E-state index in [-0.39, 0.29) is 5.78 Å². The van der Waals surface area contributed by atoms with Gasteiger partial charge in [0.25, 0.3) is 0 Å². The van der Waals surface area contributed by atoms with Gasteiger partial charge in [0.15, 0.2) is 5.78 Å². The Bertz CT molecular complexity index is 769. The molecule has 21 heavy (non-hydrogen) atoms. The molecule has 0 spiro atoms. The molecule has 2 aromatic heterocycles. The van der Waals surface area contributed by atoms with Crippen LogP contribution in [0.3, 0.4) is 0 Å². The molecule has 0 aliphatic heterocycles. The van der Waals surface area contributed by atoms with Gasteiger partial charge in [0, 0.05) is 17.5 Å². The molecule has 0 bridgehead atoms. The number of ketones is 1. The van der Waals surface area contributed by atoms with Crippen LogP contribution in [-0.4, -0.2) is 24.3 Å². The molecule has 108 valence electrons. The van der Waals surface area contributed by atoms with E-state index in [9.17, 15) is 4.79 Å². The lowest BCUT2D eigenvalue weighted by Gasteiger charge is -2.14. The minimum absolute atomic E-state index is 0.0589. The van der Waals surface area contributed by atoms with Crippen LogP contribution in [0, 0.1) is 6.92 Å². The van der Waals surface area contributed by atoms with Gasteiger partial charge >= 0.3 is 0 Å². The molecule has 0 fully saturated rings. The molecule has 0 unspecified atom stereocenters. The van der Waals surface area contributed by atoms with Crippen LogP contribution in [-0.2, 0) is 6.54 Å². The smallest absolute Gasteiger partial charge is 0.180 e. The number of para-hydroxylation sites is 1. The third kappa shape index (κ3) is 2.76. The summed E-state index contributed by atoms with van der Waals surface area (Å²) >= 11 is 0. The maximum absolute atomic E-state index is 12.4. The van der Waals surface area contributed by atoms with Gasteiger partial charge in [0.05, 0.1) is 18.4 Å². The quantitative estimate of drug-likeness (QED) is 0.671. The van der Waals surface area contributed by atoms with Crippen molar-refractivity contribution in [3.63, 3.8) is 0 Å². The maximum Gasteiger partial charge on any atom is 0.180 e. The Balaban J connectivity index is 1.73. The predicted molar refractivity (Wildman–Crippen MR) is 80.3 cm³/mol. The SMILES string of the molecule is Cc1occc1CN(C)CC(=O)c1coc2ccccc12. The van der Waals surface area contributed by atoms with Crippen molar-refractivity contribution in [2.24, 2.45) is 0 Å². The van der Waals surface area contributed by atoms with E-state index in [1.165, 1.54) is 0 Å². The molecule has 4 nitrogen and oxygen atoms in total. The van der Waals surface area contributed by atoms with Crippen LogP contribution in [0.2, 0.25) is 0 Å². The molecule has 0 saturated carbocycles. The highest BCUT2D eigenvalue weighted by molar-refractivity contribution is 6.08. The number of benzene rings is 1. The first kappa shape index (κ1) is 13.6. The molecule has 0 radical (unpaired) electrons. The van der Waals surface area contributed by atoms with E-state index < -0.39 is 0 Å². The first-order valence-electron chi connectivity index (χ1n) is 6.86. The molecule has 4 heteroatoms. The fourth-order valence-corrected chi connectivity index (χ4v) is 2.45. The topological polar surface area (TPSA) is 46.6 Å². The molecule has 0 aliphatic rings. The van der Waals surface area contributed by atoms with E-state index in [0.29, 0.717) is 18.7 Å². The van der Waals surface area contributed by atoms with E-state index in [2.05, 4.69) is 0 Å². The van der Waals surface area contributed by atoms with Crippen LogP contribution in [0.25, 0.3) is 11.0 Å². The second-order valence-corrected chi connectivity index (χ2v) is 5.24. The number of aryl methyl sites for hydroxylation is 1. The minimum Gasteiger partial charge on any atom is -0.469 e. The number of nitrogens with zero attached hydrogens (tertiary/aromatic N) is 1. The average molecular weight is 283 g/mol. The standard InChI is InChI=1S/C17H17NO3/c1-12-13(7-8-20-12)9-18(2)10-16(19)15-11-21-17-6-4-3-5-14(15)17/h3-8,11H,9-10H2,1-2H3. The van der Waals surface area contributed by atoms with Gasteiger partial charge in [-0.25, -0.2) is 0 Å². The van der Waals surface area contributed by atoms with E-state index in [1.54, 1.807) is 12.5 Å². The first-order chi connectivity index (χ1) is 10.1. The van der Waals surface area contributed by atoms with Crippen LogP contribution >= 0.6 is 0 Å². The van der Waals surface area contributed by atoms with Crippen molar-refractivity contribution in [2.75, 3.05) is 13.6 Å². The number of furan rings is 2. The number of Topliss-reactive ketones (excluding diaryl/α,β-unsaturated/α-hetero) is 1. The van der Waals surface area contributed by atoms with E-state index in [0.717, 1.165) is 22.3 Å². The van der Waals surface area contributed by atoms with Crippen molar-refractivity contribution in [3.05, 3.63) is 59.7 Å².